The van der Waals surface area contributed by atoms with Crippen molar-refractivity contribution in [3.05, 3.63) is 76.8 Å². The van der Waals surface area contributed by atoms with E-state index in [0.717, 1.165) is 11.3 Å². The lowest BCUT2D eigenvalue weighted by molar-refractivity contribution is 0.0939. The molecule has 0 fully saturated rings. The number of hydrogen-bond acceptors (Lipinski definition) is 3. The first-order valence-corrected chi connectivity index (χ1v) is 7.64. The topological polar surface area (TPSA) is 62.7 Å². The van der Waals surface area contributed by atoms with Gasteiger partial charge in [-0.25, -0.2) is 4.68 Å². The molecule has 1 amide bonds. The number of aromatic nitrogens is 3. The quantitative estimate of drug-likeness (QED) is 0.723. The van der Waals surface area contributed by atoms with Gasteiger partial charge in [0.15, 0.2) is 0 Å². The molecule has 2 heterocycles. The molecule has 0 aliphatic rings. The summed E-state index contributed by atoms with van der Waals surface area (Å²) in [6.45, 7) is 1.94. The Kier molecular flexibility index (Phi) is 4.34. The lowest BCUT2D eigenvalue weighted by Crippen LogP contribution is -2.27. The highest BCUT2D eigenvalue weighted by Gasteiger charge is 2.12. The molecule has 2 N–H and O–H groups in total. The maximum Gasteiger partial charge on any atom is 0.254 e. The molecule has 3 aromatic rings. The number of carbonyl (C=O) groups is 1. The fraction of sp³-hybridized carbons (Fsp3) is 0.118. The van der Waals surface area contributed by atoms with Crippen LogP contribution >= 0.6 is 12.2 Å². The molecule has 1 atom stereocenters. The Labute approximate surface area is 139 Å². The van der Waals surface area contributed by atoms with E-state index in [1.54, 1.807) is 29.2 Å². The van der Waals surface area contributed by atoms with E-state index in [2.05, 4.69) is 15.4 Å². The Morgan fingerprint density at radius 2 is 2.04 bits per heavy atom. The first kappa shape index (κ1) is 15.2. The maximum absolute atomic E-state index is 12.3. The van der Waals surface area contributed by atoms with Gasteiger partial charge >= 0.3 is 0 Å². The Bertz CT molecular complexity index is 853. The van der Waals surface area contributed by atoms with Crippen molar-refractivity contribution in [2.75, 3.05) is 0 Å². The molecule has 23 heavy (non-hydrogen) atoms. The molecule has 0 aliphatic heterocycles. The Balaban J connectivity index is 1.73. The normalized spacial score (nSPS) is 11.9. The first-order chi connectivity index (χ1) is 11.1. The predicted octanol–water partition coefficient (Wildman–Crippen LogP) is 3.42. The van der Waals surface area contributed by atoms with Crippen LogP contribution in [0.4, 0.5) is 0 Å². The standard InChI is InChI=1S/C17H16N4OS/c1-12(20-16(22)15-4-2-9-18-17(15)23)13-5-7-14(8-6-13)21-11-3-10-19-21/h2-12H,1H3,(H,18,23)(H,20,22)/t12-/m0/s1. The molecular formula is C17H16N4OS. The zero-order valence-corrected chi connectivity index (χ0v) is 13.4. The monoisotopic (exact) mass is 324 g/mol. The van der Waals surface area contributed by atoms with Gasteiger partial charge in [-0.3, -0.25) is 4.79 Å². The largest absolute Gasteiger partial charge is 0.352 e. The summed E-state index contributed by atoms with van der Waals surface area (Å²) >= 11 is 5.13. The number of carbonyl (C=O) groups excluding carboxylic acids is 1. The summed E-state index contributed by atoms with van der Waals surface area (Å²) in [7, 11) is 0. The van der Waals surface area contributed by atoms with Crippen molar-refractivity contribution in [2.24, 2.45) is 0 Å². The first-order valence-electron chi connectivity index (χ1n) is 7.24. The molecular weight excluding hydrogens is 308 g/mol. The van der Waals surface area contributed by atoms with E-state index in [-0.39, 0.29) is 11.9 Å². The minimum Gasteiger partial charge on any atom is -0.352 e. The summed E-state index contributed by atoms with van der Waals surface area (Å²) in [6.07, 6.45) is 5.33. The SMILES string of the molecule is C[C@H](NC(=O)c1ccc[nH]c1=S)c1ccc(-n2cccn2)cc1. The number of rotatable bonds is 4. The Morgan fingerprint density at radius 3 is 2.70 bits per heavy atom. The Morgan fingerprint density at radius 1 is 1.26 bits per heavy atom. The number of pyridine rings is 1. The lowest BCUT2D eigenvalue weighted by atomic mass is 10.1. The number of hydrogen-bond donors (Lipinski definition) is 2. The van der Waals surface area contributed by atoms with Gasteiger partial charge in [0.2, 0.25) is 0 Å². The number of benzene rings is 1. The summed E-state index contributed by atoms with van der Waals surface area (Å²) in [4.78, 5) is 15.2. The van der Waals surface area contributed by atoms with E-state index in [1.165, 1.54) is 0 Å². The molecule has 116 valence electrons. The highest BCUT2D eigenvalue weighted by atomic mass is 32.1. The van der Waals surface area contributed by atoms with Gasteiger partial charge in [0.1, 0.15) is 4.64 Å². The van der Waals surface area contributed by atoms with Gasteiger partial charge in [0.25, 0.3) is 5.91 Å². The van der Waals surface area contributed by atoms with Gasteiger partial charge < -0.3 is 10.3 Å². The second-order valence-electron chi connectivity index (χ2n) is 5.15. The van der Waals surface area contributed by atoms with Crippen LogP contribution < -0.4 is 5.32 Å². The fourth-order valence-electron chi connectivity index (χ4n) is 2.30. The second kappa shape index (κ2) is 6.58. The maximum atomic E-state index is 12.3. The van der Waals surface area contributed by atoms with Crippen LogP contribution in [0.1, 0.15) is 28.9 Å². The van der Waals surface area contributed by atoms with E-state index in [4.69, 9.17) is 12.2 Å². The highest BCUT2D eigenvalue weighted by Crippen LogP contribution is 2.16. The molecule has 0 unspecified atom stereocenters. The minimum atomic E-state index is -0.185. The van der Waals surface area contributed by atoms with Crippen molar-refractivity contribution in [2.45, 2.75) is 13.0 Å². The average Bonchev–Trinajstić information content (AvgIpc) is 3.09. The summed E-state index contributed by atoms with van der Waals surface area (Å²) in [6, 6.07) is 13.1. The lowest BCUT2D eigenvalue weighted by Gasteiger charge is -2.15. The van der Waals surface area contributed by atoms with Crippen LogP contribution in [0.25, 0.3) is 5.69 Å². The van der Waals surface area contributed by atoms with Crippen molar-refractivity contribution < 1.29 is 4.79 Å². The van der Waals surface area contributed by atoms with Crippen molar-refractivity contribution in [3.8, 4) is 5.69 Å². The van der Waals surface area contributed by atoms with E-state index in [0.29, 0.717) is 10.2 Å². The fourth-order valence-corrected chi connectivity index (χ4v) is 2.52. The molecule has 0 saturated heterocycles. The average molecular weight is 324 g/mol. The van der Waals surface area contributed by atoms with Crippen molar-refractivity contribution in [1.82, 2.24) is 20.1 Å². The van der Waals surface area contributed by atoms with Crippen molar-refractivity contribution in [1.29, 1.82) is 0 Å². The molecule has 0 radical (unpaired) electrons. The smallest absolute Gasteiger partial charge is 0.254 e. The van der Waals surface area contributed by atoms with Gasteiger partial charge in [-0.1, -0.05) is 24.4 Å². The van der Waals surface area contributed by atoms with Crippen LogP contribution in [0.5, 0.6) is 0 Å². The van der Waals surface area contributed by atoms with Crippen LogP contribution in [0, 0.1) is 4.64 Å². The minimum absolute atomic E-state index is 0.122. The van der Waals surface area contributed by atoms with E-state index in [9.17, 15) is 4.79 Å². The zero-order chi connectivity index (χ0) is 16.2. The number of nitrogens with zero attached hydrogens (tertiary/aromatic N) is 2. The van der Waals surface area contributed by atoms with Gasteiger partial charge in [0, 0.05) is 18.6 Å². The van der Waals surface area contributed by atoms with Crippen molar-refractivity contribution >= 4 is 18.1 Å². The number of aromatic amines is 1. The van der Waals surface area contributed by atoms with Gasteiger partial charge in [-0.05, 0) is 42.8 Å². The van der Waals surface area contributed by atoms with Gasteiger partial charge in [-0.2, -0.15) is 5.10 Å². The second-order valence-corrected chi connectivity index (χ2v) is 5.56. The van der Waals surface area contributed by atoms with Crippen LogP contribution in [-0.4, -0.2) is 20.7 Å². The number of amides is 1. The van der Waals surface area contributed by atoms with Crippen LogP contribution in [-0.2, 0) is 0 Å². The number of H-pyrrole nitrogens is 1. The molecule has 0 spiro atoms. The molecule has 0 bridgehead atoms. The molecule has 2 aromatic heterocycles. The number of nitrogens with one attached hydrogen (secondary N) is 2. The summed E-state index contributed by atoms with van der Waals surface area (Å²) < 4.78 is 2.22. The Hall–Kier alpha value is -2.73. The molecule has 1 aromatic carbocycles. The van der Waals surface area contributed by atoms with Crippen LogP contribution in [0.2, 0.25) is 0 Å². The molecule has 0 aliphatic carbocycles. The summed E-state index contributed by atoms with van der Waals surface area (Å²) in [5.74, 6) is -0.185. The highest BCUT2D eigenvalue weighted by molar-refractivity contribution is 7.71. The molecule has 3 rings (SSSR count). The third-order valence-corrected chi connectivity index (χ3v) is 3.91. The summed E-state index contributed by atoms with van der Waals surface area (Å²) in [5.41, 5.74) is 2.46. The van der Waals surface area contributed by atoms with Crippen molar-refractivity contribution in [3.63, 3.8) is 0 Å². The summed E-state index contributed by atoms with van der Waals surface area (Å²) in [5, 5.41) is 7.15. The van der Waals surface area contributed by atoms with E-state index in [1.807, 2.05) is 43.5 Å². The predicted molar refractivity (Wildman–Crippen MR) is 91.1 cm³/mol. The third kappa shape index (κ3) is 3.37. The van der Waals surface area contributed by atoms with Gasteiger partial charge in [0.05, 0.1) is 17.3 Å². The molecule has 0 saturated carbocycles. The zero-order valence-electron chi connectivity index (χ0n) is 12.6. The van der Waals surface area contributed by atoms with E-state index < -0.39 is 0 Å². The molecule has 5 nitrogen and oxygen atoms in total. The van der Waals surface area contributed by atoms with Gasteiger partial charge in [-0.15, -0.1) is 0 Å². The van der Waals surface area contributed by atoms with Crippen LogP contribution in [0.15, 0.2) is 61.1 Å². The molecule has 6 heteroatoms. The third-order valence-electron chi connectivity index (χ3n) is 3.57. The van der Waals surface area contributed by atoms with Crippen LogP contribution in [0.3, 0.4) is 0 Å². The van der Waals surface area contributed by atoms with E-state index >= 15 is 0 Å².